The van der Waals surface area contributed by atoms with E-state index in [9.17, 15) is 87.9 Å². The molecule has 0 spiro atoms. The van der Waals surface area contributed by atoms with E-state index >= 15 is 0 Å². The number of hydrogen-bond donors (Lipinski definition) is 8. The van der Waals surface area contributed by atoms with Crippen LogP contribution in [0.5, 0.6) is 17.2 Å². The predicted octanol–water partition coefficient (Wildman–Crippen LogP) is 4.13. The lowest BCUT2D eigenvalue weighted by Crippen LogP contribution is -2.16. The van der Waals surface area contributed by atoms with Crippen molar-refractivity contribution in [2.45, 2.75) is 24.5 Å². The molecule has 37 heteroatoms. The van der Waals surface area contributed by atoms with Crippen molar-refractivity contribution in [3.8, 4) is 17.2 Å². The van der Waals surface area contributed by atoms with Gasteiger partial charge in [0.25, 0.3) is 30.4 Å². The van der Waals surface area contributed by atoms with Crippen LogP contribution in [0.4, 0.5) is 34.1 Å². The fourth-order valence-electron chi connectivity index (χ4n) is 5.51. The van der Waals surface area contributed by atoms with Gasteiger partial charge in [0, 0.05) is 10.8 Å². The van der Waals surface area contributed by atoms with Gasteiger partial charge in [-0.25, -0.2) is 25.2 Å². The summed E-state index contributed by atoms with van der Waals surface area (Å²) in [5, 5.41) is 54.5. The second-order valence-electron chi connectivity index (χ2n) is 13.2. The van der Waals surface area contributed by atoms with Crippen molar-refractivity contribution in [3.05, 3.63) is 72.8 Å². The third kappa shape index (κ3) is 13.6. The Balaban J connectivity index is 1.68. The summed E-state index contributed by atoms with van der Waals surface area (Å²) in [5.74, 6) is -6.25. The Kier molecular flexibility index (Phi) is 15.4. The number of benzene rings is 5. The predicted molar refractivity (Wildman–Crippen MR) is 229 cm³/mol. The van der Waals surface area contributed by atoms with Gasteiger partial charge in [-0.1, -0.05) is 12.1 Å². The first kappa shape index (κ1) is 53.9. The molecule has 0 aliphatic rings. The van der Waals surface area contributed by atoms with Crippen LogP contribution >= 0.6 is 0 Å². The zero-order valence-corrected chi connectivity index (χ0v) is 39.1. The van der Waals surface area contributed by atoms with E-state index in [1.165, 1.54) is 0 Å². The van der Waals surface area contributed by atoms with Crippen molar-refractivity contribution in [1.29, 1.82) is 0 Å². The number of sulfone groups is 2. The van der Waals surface area contributed by atoms with Crippen LogP contribution in [0.2, 0.25) is 0 Å². The van der Waals surface area contributed by atoms with Gasteiger partial charge in [-0.2, -0.15) is 52.3 Å². The Morgan fingerprint density at radius 2 is 0.841 bits per heavy atom. The standard InChI is InChI=1S/C32H28N6O24S7/c39-30-27(36-33-17-4-6-19(7-5-17)63(42,43)12-10-61-68(55,56)57)31(40)29(38-35-23-9-8-20(16-26(23)67(52,53)54)64(44,45)13-11-62-69(58,59)60)32(41)28(30)37-34-18-14-22-21(25(15-18)66(49,50)51)2-1-3-24(22)65(46,47)48/h1-9,14-16,39-41H,10-13H2,(H,46,47,48)(H,49,50,51)(H,52,53,54)(H,55,56,57)(H,58,59,60)/b36-33+,37-34+,38-35+. The first-order chi connectivity index (χ1) is 31.6. The third-order valence-corrected chi connectivity index (χ3v) is 15.5. The number of fused-ring (bicyclic) bond motifs is 1. The van der Waals surface area contributed by atoms with Gasteiger partial charge in [0.2, 0.25) is 0 Å². The fraction of sp³-hybridized carbons (Fsp3) is 0.125. The Morgan fingerprint density at radius 1 is 0.406 bits per heavy atom. The van der Waals surface area contributed by atoms with E-state index < -0.39 is 176 Å². The van der Waals surface area contributed by atoms with E-state index in [-0.39, 0.29) is 5.69 Å². The van der Waals surface area contributed by atoms with E-state index in [4.69, 9.17) is 9.11 Å². The van der Waals surface area contributed by atoms with Crippen LogP contribution < -0.4 is 0 Å². The first-order valence-corrected chi connectivity index (χ1v) is 27.9. The second-order valence-corrected chi connectivity index (χ2v) is 23.7. The van der Waals surface area contributed by atoms with Crippen molar-refractivity contribution in [2.24, 2.45) is 30.7 Å². The average molecular weight is 1110 g/mol. The molecule has 0 saturated carbocycles. The smallest absolute Gasteiger partial charge is 0.397 e. The van der Waals surface area contributed by atoms with E-state index in [0.29, 0.717) is 24.3 Å². The molecule has 0 aliphatic heterocycles. The van der Waals surface area contributed by atoms with Crippen molar-refractivity contribution >= 4 is 116 Å². The van der Waals surface area contributed by atoms with Crippen molar-refractivity contribution in [1.82, 2.24) is 0 Å². The van der Waals surface area contributed by atoms with Crippen molar-refractivity contribution in [3.63, 3.8) is 0 Å². The maximum absolute atomic E-state index is 12.8. The number of phenolic OH excluding ortho intramolecular Hbond substituents is 3. The van der Waals surface area contributed by atoms with Gasteiger partial charge < -0.3 is 15.3 Å². The molecule has 5 aromatic rings. The highest BCUT2D eigenvalue weighted by Crippen LogP contribution is 2.57. The third-order valence-electron chi connectivity index (χ3n) is 8.53. The molecule has 69 heavy (non-hydrogen) atoms. The lowest BCUT2D eigenvalue weighted by Gasteiger charge is -2.11. The minimum Gasteiger partial charge on any atom is -0.504 e. The zero-order chi connectivity index (χ0) is 51.7. The zero-order valence-electron chi connectivity index (χ0n) is 33.4. The highest BCUT2D eigenvalue weighted by Gasteiger charge is 2.28. The number of nitrogens with zero attached hydrogens (tertiary/aromatic N) is 6. The van der Waals surface area contributed by atoms with Gasteiger partial charge in [-0.15, -0.1) is 20.5 Å². The Labute approximate surface area is 389 Å². The van der Waals surface area contributed by atoms with Gasteiger partial charge in [-0.05, 0) is 60.7 Å². The van der Waals surface area contributed by atoms with Crippen LogP contribution in [-0.2, 0) is 79.2 Å². The summed E-state index contributed by atoms with van der Waals surface area (Å²) in [6.45, 7) is -2.13. The lowest BCUT2D eigenvalue weighted by molar-refractivity contribution is 0.282. The number of hydrogen-bond acceptors (Lipinski definition) is 25. The minimum atomic E-state index is -5.46. The summed E-state index contributed by atoms with van der Waals surface area (Å²) in [5.41, 5.74) is -5.38. The van der Waals surface area contributed by atoms with E-state index in [2.05, 4.69) is 39.1 Å². The van der Waals surface area contributed by atoms with Crippen LogP contribution in [0, 0.1) is 0 Å². The van der Waals surface area contributed by atoms with Crippen LogP contribution in [-0.4, -0.2) is 122 Å². The topological polar surface area (TPSA) is 493 Å². The second kappa shape index (κ2) is 19.7. The number of aromatic hydroxyl groups is 3. The number of phenols is 3. The summed E-state index contributed by atoms with van der Waals surface area (Å²) in [6.07, 6.45) is 0. The molecular weight excluding hydrogens is 1080 g/mol. The normalized spacial score (nSPS) is 13.6. The van der Waals surface area contributed by atoms with E-state index in [1.807, 2.05) is 0 Å². The number of rotatable bonds is 19. The summed E-state index contributed by atoms with van der Waals surface area (Å²) < 4.78 is 223. The van der Waals surface area contributed by atoms with Crippen molar-refractivity contribution < 1.29 is 105 Å². The molecule has 0 amide bonds. The van der Waals surface area contributed by atoms with Crippen LogP contribution in [0.3, 0.4) is 0 Å². The Morgan fingerprint density at radius 3 is 1.30 bits per heavy atom. The van der Waals surface area contributed by atoms with Crippen molar-refractivity contribution in [2.75, 3.05) is 24.7 Å². The molecule has 0 atom stereocenters. The lowest BCUT2D eigenvalue weighted by atomic mass is 10.1. The molecule has 8 N–H and O–H groups in total. The summed E-state index contributed by atoms with van der Waals surface area (Å²) in [6, 6.07) is 9.79. The molecule has 0 aromatic heterocycles. The van der Waals surface area contributed by atoms with Crippen LogP contribution in [0.15, 0.2) is 128 Å². The molecular formula is C32H28N6O24S7. The van der Waals surface area contributed by atoms with Gasteiger partial charge in [-0.3, -0.25) is 22.8 Å². The maximum atomic E-state index is 12.8. The van der Waals surface area contributed by atoms with E-state index in [1.54, 1.807) is 0 Å². The fourth-order valence-corrected chi connectivity index (χ4v) is 10.7. The molecule has 0 bridgehead atoms. The maximum Gasteiger partial charge on any atom is 0.397 e. The summed E-state index contributed by atoms with van der Waals surface area (Å²) in [7, 11) is -34.7. The molecule has 0 heterocycles. The molecule has 30 nitrogen and oxygen atoms in total. The molecule has 0 radical (unpaired) electrons. The highest BCUT2D eigenvalue weighted by atomic mass is 32.3. The van der Waals surface area contributed by atoms with Crippen LogP contribution in [0.25, 0.3) is 10.8 Å². The van der Waals surface area contributed by atoms with Gasteiger partial charge in [0.05, 0.1) is 45.9 Å². The monoisotopic (exact) mass is 1100 g/mol. The highest BCUT2D eigenvalue weighted by molar-refractivity contribution is 7.92. The summed E-state index contributed by atoms with van der Waals surface area (Å²) in [4.78, 5) is -4.52. The van der Waals surface area contributed by atoms with Gasteiger partial charge >= 0.3 is 20.8 Å². The number of azo groups is 3. The molecule has 5 aromatic carbocycles. The molecule has 0 aliphatic carbocycles. The van der Waals surface area contributed by atoms with E-state index in [0.717, 1.165) is 48.5 Å². The van der Waals surface area contributed by atoms with Crippen LogP contribution in [0.1, 0.15) is 0 Å². The average Bonchev–Trinajstić information content (AvgIpc) is 3.21. The van der Waals surface area contributed by atoms with Gasteiger partial charge in [0.1, 0.15) is 20.4 Å². The minimum absolute atomic E-state index is 0.262. The quantitative estimate of drug-likeness (QED) is 0.0425. The largest absolute Gasteiger partial charge is 0.504 e. The molecule has 0 fully saturated rings. The first-order valence-electron chi connectivity index (χ1n) is 17.6. The molecule has 0 unspecified atom stereocenters. The molecule has 5 rings (SSSR count). The van der Waals surface area contributed by atoms with Gasteiger partial charge in [0.15, 0.2) is 54.0 Å². The Bertz CT molecular complexity index is 3810. The summed E-state index contributed by atoms with van der Waals surface area (Å²) >= 11 is 0. The SMILES string of the molecule is O=S(=O)(O)OCCS(=O)(=O)c1ccc(/N=N/c2c(O)c(/N=N/c3cc(S(=O)(=O)O)c4cccc(S(=O)(=O)O)c4c3)c(O)c(/N=N/c3ccc(S(=O)(=O)CCOS(=O)(=O)O)cc3S(=O)(=O)O)c2O)cc1. The molecule has 0 saturated heterocycles. The molecule has 372 valence electrons. The Hall–Kier alpha value is -6.07.